The zero-order valence-electron chi connectivity index (χ0n) is 27.7. The number of aromatic hydroxyl groups is 2. The van der Waals surface area contributed by atoms with E-state index < -0.39 is 0 Å². The van der Waals surface area contributed by atoms with Crippen LogP contribution in [0, 0.1) is 35.5 Å². The summed E-state index contributed by atoms with van der Waals surface area (Å²) >= 11 is 0. The molecular weight excluding hydrogens is 645 g/mol. The van der Waals surface area contributed by atoms with Gasteiger partial charge in [-0.15, -0.1) is 0 Å². The van der Waals surface area contributed by atoms with Gasteiger partial charge < -0.3 is 31.2 Å². The first-order valence-electron chi connectivity index (χ1n) is 16.3. The second-order valence-corrected chi connectivity index (χ2v) is 11.7. The highest BCUT2D eigenvalue weighted by molar-refractivity contribution is 5.98. The van der Waals surface area contributed by atoms with E-state index in [1.54, 1.807) is 24.3 Å². The summed E-state index contributed by atoms with van der Waals surface area (Å²) in [7, 11) is 0. The van der Waals surface area contributed by atoms with Gasteiger partial charge in [-0.1, -0.05) is 90.1 Å². The summed E-state index contributed by atoms with van der Waals surface area (Å²) in [5.74, 6) is 21.0. The molecule has 6 heteroatoms. The summed E-state index contributed by atoms with van der Waals surface area (Å²) in [5, 5.41) is 22.2. The first-order valence-corrected chi connectivity index (χ1v) is 16.3. The molecule has 0 fully saturated rings. The third-order valence-corrected chi connectivity index (χ3v) is 7.97. The van der Waals surface area contributed by atoms with Crippen LogP contribution < -0.4 is 20.9 Å². The van der Waals surface area contributed by atoms with Crippen molar-refractivity contribution in [1.29, 1.82) is 0 Å². The van der Waals surface area contributed by atoms with E-state index in [9.17, 15) is 10.2 Å². The Morgan fingerprint density at radius 1 is 0.423 bits per heavy atom. The maximum Gasteiger partial charge on any atom is 0.152 e. The molecule has 0 atom stereocenters. The molecule has 0 saturated heterocycles. The Kier molecular flexibility index (Phi) is 9.34. The Morgan fingerprint density at radius 2 is 0.904 bits per heavy atom. The van der Waals surface area contributed by atoms with Crippen molar-refractivity contribution in [3.8, 4) is 70.0 Å². The molecule has 0 aliphatic carbocycles. The summed E-state index contributed by atoms with van der Waals surface area (Å²) in [5.41, 5.74) is 16.4. The van der Waals surface area contributed by atoms with E-state index in [-0.39, 0.29) is 22.9 Å². The van der Waals surface area contributed by atoms with Crippen molar-refractivity contribution < 1.29 is 19.7 Å². The summed E-state index contributed by atoms with van der Waals surface area (Å²) in [4.78, 5) is 0. The first-order chi connectivity index (χ1) is 25.4. The molecule has 0 saturated carbocycles. The molecular formula is C46H30N2O4. The lowest BCUT2D eigenvalue weighted by Crippen LogP contribution is -1.98. The van der Waals surface area contributed by atoms with E-state index in [4.69, 9.17) is 20.9 Å². The molecule has 0 aliphatic heterocycles. The van der Waals surface area contributed by atoms with Crippen LogP contribution in [0.25, 0.3) is 10.8 Å². The molecule has 0 heterocycles. The smallest absolute Gasteiger partial charge is 0.152 e. The second-order valence-electron chi connectivity index (χ2n) is 11.7. The maximum atomic E-state index is 10.5. The van der Waals surface area contributed by atoms with Crippen molar-refractivity contribution in [3.05, 3.63) is 179 Å². The fourth-order valence-corrected chi connectivity index (χ4v) is 5.32. The van der Waals surface area contributed by atoms with E-state index in [2.05, 4.69) is 35.5 Å². The Labute approximate surface area is 301 Å². The van der Waals surface area contributed by atoms with Gasteiger partial charge in [0.25, 0.3) is 0 Å². The first kappa shape index (κ1) is 32.8. The van der Waals surface area contributed by atoms with Crippen molar-refractivity contribution >= 4 is 22.1 Å². The number of rotatable bonds is 4. The molecule has 52 heavy (non-hydrogen) atoms. The molecule has 6 nitrogen and oxygen atoms in total. The zero-order valence-corrected chi connectivity index (χ0v) is 27.7. The van der Waals surface area contributed by atoms with Crippen molar-refractivity contribution in [2.24, 2.45) is 0 Å². The molecule has 7 rings (SSSR count). The van der Waals surface area contributed by atoms with Crippen LogP contribution in [0.4, 0.5) is 11.4 Å². The van der Waals surface area contributed by atoms with Crippen molar-refractivity contribution in [3.63, 3.8) is 0 Å². The molecule has 0 aromatic heterocycles. The van der Waals surface area contributed by atoms with Gasteiger partial charge in [0.05, 0.1) is 16.9 Å². The average Bonchev–Trinajstić information content (AvgIpc) is 3.17. The Bertz CT molecular complexity index is 2620. The fraction of sp³-hybridized carbons (Fsp3) is 0. The molecule has 0 spiro atoms. The van der Waals surface area contributed by atoms with Crippen LogP contribution in [-0.4, -0.2) is 10.2 Å². The van der Waals surface area contributed by atoms with Gasteiger partial charge in [-0.3, -0.25) is 0 Å². The topological polar surface area (TPSA) is 111 Å². The monoisotopic (exact) mass is 674 g/mol. The fourth-order valence-electron chi connectivity index (χ4n) is 5.32. The molecule has 6 N–H and O–H groups in total. The summed E-state index contributed by atoms with van der Waals surface area (Å²) in [6, 6.07) is 43.9. The lowest BCUT2D eigenvalue weighted by molar-refractivity contribution is 0.456. The number of anilines is 2. The number of phenolic OH excluding ortho intramolecular Hbond substituents is 2. The van der Waals surface area contributed by atoms with Gasteiger partial charge in [0.15, 0.2) is 5.75 Å². The minimum atomic E-state index is -0.125. The van der Waals surface area contributed by atoms with Crippen LogP contribution in [-0.2, 0) is 0 Å². The maximum absolute atomic E-state index is 10.5. The SMILES string of the molecule is Nc1ccc(Oc2cc(C#Cc3ccccc3)cc3c(Oc4ccc(N)c(O)c4)c(C#Cc4ccccc4)c(C#Cc4ccccc4)cc23)cc1O. The average molecular weight is 675 g/mol. The lowest BCUT2D eigenvalue weighted by atomic mass is 9.96. The van der Waals surface area contributed by atoms with Gasteiger partial charge in [-0.25, -0.2) is 0 Å². The normalized spacial score (nSPS) is 10.2. The van der Waals surface area contributed by atoms with Crippen molar-refractivity contribution in [2.45, 2.75) is 0 Å². The van der Waals surface area contributed by atoms with Gasteiger partial charge in [0.1, 0.15) is 28.7 Å². The van der Waals surface area contributed by atoms with Crippen LogP contribution in [0.1, 0.15) is 33.4 Å². The standard InChI is InChI=1S/C46H30N2O4/c47-41-24-21-36(29-43(41)49)51-45-27-34(17-16-31-10-4-1-5-11-31)26-40-39(45)28-35(20-18-32-12-6-2-7-13-32)38(23-19-33-14-8-3-9-15-33)46(40)52-37-22-25-42(48)44(50)30-37/h1-15,21-22,24-30,49-50H,47-48H2. The summed E-state index contributed by atoms with van der Waals surface area (Å²) in [6.07, 6.45) is 0. The number of fused-ring (bicyclic) bond motifs is 1. The van der Waals surface area contributed by atoms with E-state index >= 15 is 0 Å². The number of ether oxygens (including phenoxy) is 2. The van der Waals surface area contributed by atoms with Gasteiger partial charge >= 0.3 is 0 Å². The molecule has 0 unspecified atom stereocenters. The molecule has 7 aromatic rings. The highest BCUT2D eigenvalue weighted by Crippen LogP contribution is 2.43. The van der Waals surface area contributed by atoms with Crippen molar-refractivity contribution in [1.82, 2.24) is 0 Å². The van der Waals surface area contributed by atoms with Crippen molar-refractivity contribution in [2.75, 3.05) is 11.5 Å². The highest BCUT2D eigenvalue weighted by Gasteiger charge is 2.19. The van der Waals surface area contributed by atoms with E-state index in [1.165, 1.54) is 12.1 Å². The van der Waals surface area contributed by atoms with Gasteiger partial charge in [0.2, 0.25) is 0 Å². The van der Waals surface area contributed by atoms with E-state index in [0.29, 0.717) is 50.5 Å². The Balaban J connectivity index is 1.54. The van der Waals surface area contributed by atoms with Gasteiger partial charge in [0, 0.05) is 50.7 Å². The molecule has 0 aliphatic rings. The highest BCUT2D eigenvalue weighted by atomic mass is 16.5. The molecule has 0 radical (unpaired) electrons. The molecule has 0 amide bonds. The Hall–Kier alpha value is -7.72. The number of nitrogens with two attached hydrogens (primary N) is 2. The largest absolute Gasteiger partial charge is 0.506 e. The van der Waals surface area contributed by atoms with Crippen LogP contribution >= 0.6 is 0 Å². The van der Waals surface area contributed by atoms with Crippen LogP contribution in [0.5, 0.6) is 34.5 Å². The van der Waals surface area contributed by atoms with E-state index in [0.717, 1.165) is 16.7 Å². The number of benzene rings is 7. The van der Waals surface area contributed by atoms with Crippen LogP contribution in [0.3, 0.4) is 0 Å². The number of hydrogen-bond donors (Lipinski definition) is 4. The quantitative estimate of drug-likeness (QED) is 0.0842. The predicted molar refractivity (Wildman–Crippen MR) is 206 cm³/mol. The molecule has 0 bridgehead atoms. The van der Waals surface area contributed by atoms with Crippen LogP contribution in [0.15, 0.2) is 146 Å². The third-order valence-electron chi connectivity index (χ3n) is 7.97. The minimum absolute atomic E-state index is 0.109. The number of hydrogen-bond acceptors (Lipinski definition) is 6. The third kappa shape index (κ3) is 7.61. The van der Waals surface area contributed by atoms with Crippen LogP contribution in [0.2, 0.25) is 0 Å². The molecule has 7 aromatic carbocycles. The summed E-state index contributed by atoms with van der Waals surface area (Å²) < 4.78 is 13.1. The summed E-state index contributed by atoms with van der Waals surface area (Å²) in [6.45, 7) is 0. The lowest BCUT2D eigenvalue weighted by Gasteiger charge is -2.17. The number of nitrogen functional groups attached to an aromatic ring is 2. The second kappa shape index (κ2) is 14.8. The number of phenols is 2. The van der Waals surface area contributed by atoms with Gasteiger partial charge in [-0.05, 0) is 78.9 Å². The zero-order chi connectivity index (χ0) is 35.9. The van der Waals surface area contributed by atoms with E-state index in [1.807, 2.05) is 109 Å². The van der Waals surface area contributed by atoms with Gasteiger partial charge in [-0.2, -0.15) is 0 Å². The minimum Gasteiger partial charge on any atom is -0.506 e. The predicted octanol–water partition coefficient (Wildman–Crippen LogP) is 9.20. The molecule has 248 valence electrons. The Morgan fingerprint density at radius 3 is 1.44 bits per heavy atom.